The molecule has 0 radical (unpaired) electrons. The van der Waals surface area contributed by atoms with Crippen molar-refractivity contribution in [1.82, 2.24) is 14.7 Å². The molecule has 1 aliphatic rings. The van der Waals surface area contributed by atoms with Crippen LogP contribution in [-0.2, 0) is 11.3 Å². The van der Waals surface area contributed by atoms with Gasteiger partial charge in [0.05, 0.1) is 12.2 Å². The van der Waals surface area contributed by atoms with E-state index in [9.17, 15) is 9.18 Å². The minimum Gasteiger partial charge on any atom is -0.368 e. The molecular formula is C26H29FN4O. The van der Waals surface area contributed by atoms with Gasteiger partial charge in [-0.3, -0.25) is 9.48 Å². The standard InChI is InChI=1S/C26H29FN4O/c1-19-4-6-22(7-5-19)18-31-21(3)25(20(2)28-31)12-13-26(32)30-16-14-29(15-17-30)24-10-8-23(27)9-11-24/h4-13H,14-18H2,1-3H3/b13-12+. The molecule has 0 atom stereocenters. The molecule has 0 saturated carbocycles. The number of nitrogens with zero attached hydrogens (tertiary/aromatic N) is 4. The Bertz CT molecular complexity index is 1110. The van der Waals surface area contributed by atoms with E-state index >= 15 is 0 Å². The van der Waals surface area contributed by atoms with E-state index in [1.54, 1.807) is 18.2 Å². The van der Waals surface area contributed by atoms with Gasteiger partial charge in [0.1, 0.15) is 5.82 Å². The number of carbonyl (C=O) groups is 1. The number of hydrogen-bond donors (Lipinski definition) is 0. The van der Waals surface area contributed by atoms with Crippen molar-refractivity contribution in [2.45, 2.75) is 27.3 Å². The number of carbonyl (C=O) groups excluding carboxylic acids is 1. The summed E-state index contributed by atoms with van der Waals surface area (Å²) in [7, 11) is 0. The van der Waals surface area contributed by atoms with Crippen molar-refractivity contribution < 1.29 is 9.18 Å². The number of aryl methyl sites for hydroxylation is 2. The van der Waals surface area contributed by atoms with Gasteiger partial charge in [-0.05, 0) is 56.7 Å². The average Bonchev–Trinajstić information content (AvgIpc) is 3.06. The van der Waals surface area contributed by atoms with Crippen LogP contribution in [0.2, 0.25) is 0 Å². The highest BCUT2D eigenvalue weighted by molar-refractivity contribution is 5.92. The first-order valence-electron chi connectivity index (χ1n) is 11.0. The van der Waals surface area contributed by atoms with Crippen LogP contribution in [0, 0.1) is 26.6 Å². The van der Waals surface area contributed by atoms with Crippen LogP contribution in [0.25, 0.3) is 6.08 Å². The van der Waals surface area contributed by atoms with Crippen molar-refractivity contribution in [3.63, 3.8) is 0 Å². The molecule has 5 nitrogen and oxygen atoms in total. The van der Waals surface area contributed by atoms with E-state index in [1.807, 2.05) is 29.5 Å². The second-order valence-corrected chi connectivity index (χ2v) is 8.35. The van der Waals surface area contributed by atoms with E-state index in [2.05, 4.69) is 41.2 Å². The molecule has 166 valence electrons. The Morgan fingerprint density at radius 1 is 0.969 bits per heavy atom. The van der Waals surface area contributed by atoms with Gasteiger partial charge >= 0.3 is 0 Å². The molecule has 0 spiro atoms. The lowest BCUT2D eigenvalue weighted by Gasteiger charge is -2.35. The van der Waals surface area contributed by atoms with Gasteiger partial charge in [-0.2, -0.15) is 5.10 Å². The molecule has 1 aromatic heterocycles. The zero-order chi connectivity index (χ0) is 22.7. The molecule has 0 N–H and O–H groups in total. The number of rotatable bonds is 5. The van der Waals surface area contributed by atoms with Crippen LogP contribution in [0.5, 0.6) is 0 Å². The van der Waals surface area contributed by atoms with Crippen molar-refractivity contribution >= 4 is 17.7 Å². The van der Waals surface area contributed by atoms with E-state index in [-0.39, 0.29) is 11.7 Å². The number of benzene rings is 2. The molecule has 1 aliphatic heterocycles. The molecule has 0 unspecified atom stereocenters. The van der Waals surface area contributed by atoms with Crippen LogP contribution in [0.4, 0.5) is 10.1 Å². The predicted octanol–water partition coefficient (Wildman–Crippen LogP) is 4.36. The lowest BCUT2D eigenvalue weighted by Crippen LogP contribution is -2.48. The molecule has 2 heterocycles. The summed E-state index contributed by atoms with van der Waals surface area (Å²) in [6.07, 6.45) is 3.54. The largest absolute Gasteiger partial charge is 0.368 e. The van der Waals surface area contributed by atoms with Crippen LogP contribution in [0.1, 0.15) is 28.1 Å². The van der Waals surface area contributed by atoms with Gasteiger partial charge in [0, 0.05) is 49.2 Å². The maximum atomic E-state index is 13.1. The van der Waals surface area contributed by atoms with Crippen molar-refractivity contribution in [2.75, 3.05) is 31.1 Å². The smallest absolute Gasteiger partial charge is 0.246 e. The van der Waals surface area contributed by atoms with Gasteiger partial charge in [-0.15, -0.1) is 0 Å². The fourth-order valence-electron chi connectivity index (χ4n) is 4.07. The fraction of sp³-hybridized carbons (Fsp3) is 0.308. The first-order valence-corrected chi connectivity index (χ1v) is 11.0. The minimum atomic E-state index is -0.236. The summed E-state index contributed by atoms with van der Waals surface area (Å²) in [6, 6.07) is 15.0. The summed E-state index contributed by atoms with van der Waals surface area (Å²) < 4.78 is 15.1. The van der Waals surface area contributed by atoms with Gasteiger partial charge in [0.25, 0.3) is 0 Å². The number of amides is 1. The van der Waals surface area contributed by atoms with E-state index in [4.69, 9.17) is 0 Å². The molecule has 1 saturated heterocycles. The number of hydrogen-bond acceptors (Lipinski definition) is 3. The van der Waals surface area contributed by atoms with Gasteiger partial charge < -0.3 is 9.80 Å². The summed E-state index contributed by atoms with van der Waals surface area (Å²) in [6.45, 7) is 9.56. The van der Waals surface area contributed by atoms with Gasteiger partial charge in [0.2, 0.25) is 5.91 Å². The molecule has 0 aliphatic carbocycles. The molecule has 0 bridgehead atoms. The maximum absolute atomic E-state index is 13.1. The Morgan fingerprint density at radius 2 is 1.62 bits per heavy atom. The second kappa shape index (κ2) is 9.39. The van der Waals surface area contributed by atoms with Crippen molar-refractivity contribution in [3.8, 4) is 0 Å². The number of aromatic nitrogens is 2. The topological polar surface area (TPSA) is 41.4 Å². The number of halogens is 1. The lowest BCUT2D eigenvalue weighted by molar-refractivity contribution is -0.126. The van der Waals surface area contributed by atoms with Crippen LogP contribution in [-0.4, -0.2) is 46.8 Å². The summed E-state index contributed by atoms with van der Waals surface area (Å²) in [5, 5.41) is 4.68. The first-order chi connectivity index (χ1) is 15.4. The number of piperazine rings is 1. The number of anilines is 1. The van der Waals surface area contributed by atoms with Gasteiger partial charge in [0.15, 0.2) is 0 Å². The monoisotopic (exact) mass is 432 g/mol. The first kappa shape index (κ1) is 21.8. The Balaban J connectivity index is 1.38. The van der Waals surface area contributed by atoms with Crippen LogP contribution in [0.3, 0.4) is 0 Å². The molecular weight excluding hydrogens is 403 g/mol. The highest BCUT2D eigenvalue weighted by Gasteiger charge is 2.20. The third kappa shape index (κ3) is 4.90. The molecule has 1 fully saturated rings. The molecule has 1 amide bonds. The summed E-state index contributed by atoms with van der Waals surface area (Å²) >= 11 is 0. The van der Waals surface area contributed by atoms with Gasteiger partial charge in [-0.25, -0.2) is 4.39 Å². The zero-order valence-corrected chi connectivity index (χ0v) is 18.9. The van der Waals surface area contributed by atoms with Crippen LogP contribution in [0.15, 0.2) is 54.6 Å². The molecule has 2 aromatic carbocycles. The minimum absolute atomic E-state index is 0.00819. The van der Waals surface area contributed by atoms with Crippen molar-refractivity contribution in [3.05, 3.63) is 88.5 Å². The quantitative estimate of drug-likeness (QED) is 0.563. The average molecular weight is 433 g/mol. The summed E-state index contributed by atoms with van der Waals surface area (Å²) in [5.41, 5.74) is 6.39. The van der Waals surface area contributed by atoms with Crippen LogP contribution < -0.4 is 4.90 Å². The highest BCUT2D eigenvalue weighted by atomic mass is 19.1. The predicted molar refractivity (Wildman–Crippen MR) is 126 cm³/mol. The van der Waals surface area contributed by atoms with E-state index in [0.29, 0.717) is 19.6 Å². The van der Waals surface area contributed by atoms with Crippen molar-refractivity contribution in [2.24, 2.45) is 0 Å². The van der Waals surface area contributed by atoms with E-state index < -0.39 is 0 Å². The molecule has 32 heavy (non-hydrogen) atoms. The van der Waals surface area contributed by atoms with E-state index in [0.717, 1.165) is 35.7 Å². The maximum Gasteiger partial charge on any atom is 0.246 e. The normalized spacial score (nSPS) is 14.4. The third-order valence-electron chi connectivity index (χ3n) is 6.07. The third-order valence-corrected chi connectivity index (χ3v) is 6.07. The zero-order valence-electron chi connectivity index (χ0n) is 18.9. The molecule has 4 rings (SSSR count). The summed E-state index contributed by atoms with van der Waals surface area (Å²) in [5.74, 6) is -0.227. The highest BCUT2D eigenvalue weighted by Crippen LogP contribution is 2.19. The van der Waals surface area contributed by atoms with Gasteiger partial charge in [-0.1, -0.05) is 29.8 Å². The Kier molecular flexibility index (Phi) is 6.40. The second-order valence-electron chi connectivity index (χ2n) is 8.35. The Hall–Kier alpha value is -3.41. The Morgan fingerprint density at radius 3 is 2.28 bits per heavy atom. The lowest BCUT2D eigenvalue weighted by atomic mass is 10.1. The fourth-order valence-corrected chi connectivity index (χ4v) is 4.07. The SMILES string of the molecule is Cc1ccc(Cn2nc(C)c(/C=C/C(=O)N3CCN(c4ccc(F)cc4)CC3)c2C)cc1. The molecule has 3 aromatic rings. The Labute approximate surface area is 188 Å². The van der Waals surface area contributed by atoms with Crippen molar-refractivity contribution in [1.29, 1.82) is 0 Å². The summed E-state index contributed by atoms with van der Waals surface area (Å²) in [4.78, 5) is 16.8. The molecule has 6 heteroatoms. The van der Waals surface area contributed by atoms with E-state index in [1.165, 1.54) is 23.3 Å². The van der Waals surface area contributed by atoms with Crippen LogP contribution >= 0.6 is 0 Å².